The molecule has 3 nitrogen and oxygen atoms in total. The third-order valence-corrected chi connectivity index (χ3v) is 4.01. The Balaban J connectivity index is 2.01. The molecule has 2 rings (SSSR count). The molecule has 0 aliphatic carbocycles. The van der Waals surface area contributed by atoms with Crippen molar-refractivity contribution in [2.45, 2.75) is 38.6 Å². The van der Waals surface area contributed by atoms with E-state index < -0.39 is 0 Å². The summed E-state index contributed by atoms with van der Waals surface area (Å²) in [5.41, 5.74) is 1.34. The summed E-state index contributed by atoms with van der Waals surface area (Å²) in [6.07, 6.45) is 4.67. The van der Waals surface area contributed by atoms with Gasteiger partial charge in [-0.3, -0.25) is 0 Å². The Morgan fingerprint density at radius 1 is 1.45 bits per heavy atom. The van der Waals surface area contributed by atoms with Crippen molar-refractivity contribution in [1.29, 1.82) is 0 Å². The number of hydrogen-bond acceptors (Lipinski definition) is 3. The fourth-order valence-electron chi connectivity index (χ4n) is 2.87. The van der Waals surface area contributed by atoms with Crippen molar-refractivity contribution >= 4 is 0 Å². The van der Waals surface area contributed by atoms with E-state index in [4.69, 9.17) is 9.47 Å². The minimum Gasteiger partial charge on any atom is -0.497 e. The summed E-state index contributed by atoms with van der Waals surface area (Å²) < 4.78 is 11.0. The molecule has 0 spiro atoms. The summed E-state index contributed by atoms with van der Waals surface area (Å²) in [4.78, 5) is 0. The van der Waals surface area contributed by atoms with Gasteiger partial charge >= 0.3 is 0 Å². The normalized spacial score (nSPS) is 20.6. The molecule has 2 atom stereocenters. The van der Waals surface area contributed by atoms with E-state index >= 15 is 0 Å². The molecule has 1 aliphatic heterocycles. The van der Waals surface area contributed by atoms with Gasteiger partial charge in [-0.2, -0.15) is 0 Å². The Kier molecular flexibility index (Phi) is 6.34. The quantitative estimate of drug-likeness (QED) is 0.831. The van der Waals surface area contributed by atoms with Crippen LogP contribution >= 0.6 is 0 Å². The molecular weight excluding hydrogens is 250 g/mol. The van der Waals surface area contributed by atoms with Crippen LogP contribution in [0, 0.1) is 5.92 Å². The molecule has 1 N–H and O–H groups in total. The second-order valence-electron chi connectivity index (χ2n) is 5.59. The van der Waals surface area contributed by atoms with Crippen LogP contribution in [0.1, 0.15) is 31.7 Å². The van der Waals surface area contributed by atoms with Gasteiger partial charge in [-0.15, -0.1) is 0 Å². The first-order chi connectivity index (χ1) is 9.83. The average Bonchev–Trinajstić information content (AvgIpc) is 2.52. The van der Waals surface area contributed by atoms with Gasteiger partial charge in [-0.05, 0) is 55.8 Å². The molecule has 1 heterocycles. The van der Waals surface area contributed by atoms with E-state index in [-0.39, 0.29) is 0 Å². The summed E-state index contributed by atoms with van der Waals surface area (Å²) in [5, 5.41) is 3.70. The lowest BCUT2D eigenvalue weighted by Crippen LogP contribution is -2.42. The van der Waals surface area contributed by atoms with E-state index in [9.17, 15) is 0 Å². The lowest BCUT2D eigenvalue weighted by Gasteiger charge is -2.31. The van der Waals surface area contributed by atoms with Crippen molar-refractivity contribution in [2.24, 2.45) is 5.92 Å². The van der Waals surface area contributed by atoms with Crippen LogP contribution in [-0.4, -0.2) is 32.9 Å². The summed E-state index contributed by atoms with van der Waals surface area (Å²) in [5.74, 6) is 1.57. The van der Waals surface area contributed by atoms with E-state index in [0.29, 0.717) is 12.0 Å². The zero-order valence-corrected chi connectivity index (χ0v) is 12.7. The maximum absolute atomic E-state index is 5.66. The lowest BCUT2D eigenvalue weighted by molar-refractivity contribution is 0.0393. The second kappa shape index (κ2) is 8.28. The Labute approximate surface area is 122 Å². The van der Waals surface area contributed by atoms with Crippen LogP contribution in [0.5, 0.6) is 5.75 Å². The molecular formula is C17H27NO2. The fraction of sp³-hybridized carbons (Fsp3) is 0.647. The van der Waals surface area contributed by atoms with Crippen LogP contribution in [0.2, 0.25) is 0 Å². The molecule has 1 saturated heterocycles. The van der Waals surface area contributed by atoms with E-state index in [1.54, 1.807) is 7.11 Å². The Morgan fingerprint density at radius 2 is 2.35 bits per heavy atom. The molecule has 0 saturated carbocycles. The zero-order valence-electron chi connectivity index (χ0n) is 12.7. The first-order valence-electron chi connectivity index (χ1n) is 7.77. The Hall–Kier alpha value is -1.06. The molecule has 1 aromatic rings. The van der Waals surface area contributed by atoms with Gasteiger partial charge in [0.25, 0.3) is 0 Å². The van der Waals surface area contributed by atoms with Crippen LogP contribution in [0.25, 0.3) is 0 Å². The van der Waals surface area contributed by atoms with Crippen LogP contribution in [0.15, 0.2) is 24.3 Å². The minimum atomic E-state index is 0.502. The molecule has 0 bridgehead atoms. The summed E-state index contributed by atoms with van der Waals surface area (Å²) in [6, 6.07) is 8.91. The Morgan fingerprint density at radius 3 is 3.05 bits per heavy atom. The molecule has 1 aliphatic rings. The standard InChI is InChI=1S/C17H27NO2/c1-3-9-18-17(15-7-5-10-20-13-15)12-14-6-4-8-16(11-14)19-2/h4,6,8,11,15,17-18H,3,5,7,9-10,12-13H2,1-2H3. The van der Waals surface area contributed by atoms with E-state index in [1.165, 1.54) is 24.8 Å². The number of ether oxygens (including phenoxy) is 2. The molecule has 2 unspecified atom stereocenters. The largest absolute Gasteiger partial charge is 0.497 e. The zero-order chi connectivity index (χ0) is 14.2. The van der Waals surface area contributed by atoms with Crippen molar-refractivity contribution in [3.8, 4) is 5.75 Å². The van der Waals surface area contributed by atoms with Gasteiger partial charge in [0.1, 0.15) is 5.75 Å². The van der Waals surface area contributed by atoms with Crippen molar-refractivity contribution in [3.05, 3.63) is 29.8 Å². The first-order valence-corrected chi connectivity index (χ1v) is 7.77. The van der Waals surface area contributed by atoms with E-state index in [1.807, 2.05) is 6.07 Å². The van der Waals surface area contributed by atoms with Crippen molar-refractivity contribution < 1.29 is 9.47 Å². The van der Waals surface area contributed by atoms with Crippen molar-refractivity contribution in [2.75, 3.05) is 26.9 Å². The topological polar surface area (TPSA) is 30.5 Å². The maximum Gasteiger partial charge on any atom is 0.119 e. The number of benzene rings is 1. The van der Waals surface area contributed by atoms with Gasteiger partial charge in [0.2, 0.25) is 0 Å². The Bertz CT molecular complexity index is 388. The van der Waals surface area contributed by atoms with Gasteiger partial charge in [-0.25, -0.2) is 0 Å². The highest BCUT2D eigenvalue weighted by Crippen LogP contribution is 2.22. The second-order valence-corrected chi connectivity index (χ2v) is 5.59. The number of rotatable bonds is 7. The first kappa shape index (κ1) is 15.3. The van der Waals surface area contributed by atoms with E-state index in [0.717, 1.165) is 31.9 Å². The SMILES string of the molecule is CCCNC(Cc1cccc(OC)c1)C1CCCOC1. The predicted octanol–water partition coefficient (Wildman–Crippen LogP) is 3.03. The lowest BCUT2D eigenvalue weighted by atomic mass is 9.89. The highest BCUT2D eigenvalue weighted by molar-refractivity contribution is 5.29. The molecule has 0 radical (unpaired) electrons. The highest BCUT2D eigenvalue weighted by Gasteiger charge is 2.24. The van der Waals surface area contributed by atoms with Crippen molar-refractivity contribution in [3.63, 3.8) is 0 Å². The van der Waals surface area contributed by atoms with Crippen LogP contribution in [0.4, 0.5) is 0 Å². The highest BCUT2D eigenvalue weighted by atomic mass is 16.5. The van der Waals surface area contributed by atoms with Gasteiger partial charge < -0.3 is 14.8 Å². The fourth-order valence-corrected chi connectivity index (χ4v) is 2.87. The molecule has 112 valence electrons. The third-order valence-electron chi connectivity index (χ3n) is 4.01. The predicted molar refractivity (Wildman–Crippen MR) is 82.3 cm³/mol. The van der Waals surface area contributed by atoms with Gasteiger partial charge in [0.15, 0.2) is 0 Å². The number of methoxy groups -OCH3 is 1. The summed E-state index contributed by atoms with van der Waals surface area (Å²) >= 11 is 0. The number of hydrogen-bond donors (Lipinski definition) is 1. The molecule has 20 heavy (non-hydrogen) atoms. The van der Waals surface area contributed by atoms with Crippen LogP contribution in [-0.2, 0) is 11.2 Å². The molecule has 1 fully saturated rings. The third kappa shape index (κ3) is 4.50. The van der Waals surface area contributed by atoms with Crippen LogP contribution in [0.3, 0.4) is 0 Å². The summed E-state index contributed by atoms with van der Waals surface area (Å²) in [7, 11) is 1.72. The smallest absolute Gasteiger partial charge is 0.119 e. The van der Waals surface area contributed by atoms with Gasteiger partial charge in [0, 0.05) is 12.6 Å². The minimum absolute atomic E-state index is 0.502. The van der Waals surface area contributed by atoms with Gasteiger partial charge in [0.05, 0.1) is 13.7 Å². The number of nitrogens with one attached hydrogen (secondary N) is 1. The summed E-state index contributed by atoms with van der Waals surface area (Å²) in [6.45, 7) is 5.11. The average molecular weight is 277 g/mol. The van der Waals surface area contributed by atoms with Gasteiger partial charge in [-0.1, -0.05) is 19.1 Å². The van der Waals surface area contributed by atoms with E-state index in [2.05, 4.69) is 30.4 Å². The molecule has 1 aromatic carbocycles. The maximum atomic E-state index is 5.66. The van der Waals surface area contributed by atoms with Crippen molar-refractivity contribution in [1.82, 2.24) is 5.32 Å². The molecule has 0 aromatic heterocycles. The molecule has 0 amide bonds. The molecule has 3 heteroatoms. The monoisotopic (exact) mass is 277 g/mol. The van der Waals surface area contributed by atoms with Crippen LogP contribution < -0.4 is 10.1 Å².